The zero-order chi connectivity index (χ0) is 23.5. The van der Waals surface area contributed by atoms with Gasteiger partial charge < -0.3 is 19.1 Å². The van der Waals surface area contributed by atoms with Crippen molar-refractivity contribution in [2.75, 3.05) is 14.2 Å². The number of carboxylic acids is 1. The van der Waals surface area contributed by atoms with E-state index in [1.165, 1.54) is 26.4 Å². The molecule has 0 atom stereocenters. The number of nitrogens with zero attached hydrogens (tertiary/aromatic N) is 3. The summed E-state index contributed by atoms with van der Waals surface area (Å²) in [6, 6.07) is 5.36. The highest BCUT2D eigenvalue weighted by atomic mass is 35.5. The van der Waals surface area contributed by atoms with Crippen molar-refractivity contribution in [1.29, 1.82) is 0 Å². The Labute approximate surface area is 190 Å². The van der Waals surface area contributed by atoms with Crippen molar-refractivity contribution in [3.05, 3.63) is 46.6 Å². The van der Waals surface area contributed by atoms with Crippen LogP contribution in [0.5, 0.6) is 0 Å². The molecule has 0 aliphatic heterocycles. The number of pyridine rings is 1. The number of alkyl halides is 3. The molecular weight excluding hydrogens is 471 g/mol. The maximum absolute atomic E-state index is 12.9. The molecular formula is C20H19ClF3N3O4S. The third kappa shape index (κ3) is 5.52. The molecule has 2 aromatic heterocycles. The van der Waals surface area contributed by atoms with E-state index in [-0.39, 0.29) is 21.9 Å². The molecule has 0 saturated heterocycles. The minimum atomic E-state index is -4.56. The van der Waals surface area contributed by atoms with Crippen LogP contribution < -0.4 is 0 Å². The summed E-state index contributed by atoms with van der Waals surface area (Å²) >= 11 is 7.06. The number of aromatic nitrogens is 3. The largest absolute Gasteiger partial charge is 0.478 e. The van der Waals surface area contributed by atoms with Gasteiger partial charge in [-0.1, -0.05) is 11.6 Å². The molecule has 172 valence electrons. The zero-order valence-electron chi connectivity index (χ0n) is 17.0. The molecule has 3 aromatic rings. The van der Waals surface area contributed by atoms with Gasteiger partial charge in [-0.3, -0.25) is 0 Å². The van der Waals surface area contributed by atoms with Crippen LogP contribution in [-0.4, -0.2) is 46.1 Å². The lowest BCUT2D eigenvalue weighted by molar-refractivity contribution is -0.137. The molecule has 2 heterocycles. The highest BCUT2D eigenvalue weighted by molar-refractivity contribution is 7.99. The van der Waals surface area contributed by atoms with Gasteiger partial charge in [0.15, 0.2) is 11.4 Å². The van der Waals surface area contributed by atoms with E-state index in [1.807, 2.05) is 4.57 Å². The molecule has 3 rings (SSSR count). The smallest absolute Gasteiger partial charge is 0.417 e. The van der Waals surface area contributed by atoms with Crippen LogP contribution in [0.1, 0.15) is 28.8 Å². The maximum atomic E-state index is 12.9. The summed E-state index contributed by atoms with van der Waals surface area (Å²) in [5.41, 5.74) is 0.234. The van der Waals surface area contributed by atoms with Gasteiger partial charge in [-0.05, 0) is 42.4 Å². The van der Waals surface area contributed by atoms with Gasteiger partial charge in [0.25, 0.3) is 0 Å². The number of carbonyl (C=O) groups is 1. The SMILES string of the molecule is COC(CCCn1c(Sc2ncc(C(F)(F)F)cc2Cl)nc2cc(C(=O)O)ccc21)OC. The van der Waals surface area contributed by atoms with E-state index in [1.54, 1.807) is 6.07 Å². The quantitative estimate of drug-likeness (QED) is 0.405. The molecule has 7 nitrogen and oxygen atoms in total. The average Bonchev–Trinajstić information content (AvgIpc) is 3.08. The number of ether oxygens (including phenoxy) is 2. The third-order valence-corrected chi connectivity index (χ3v) is 6.04. The number of imidazole rings is 1. The molecule has 0 unspecified atom stereocenters. The minimum Gasteiger partial charge on any atom is -0.478 e. The van der Waals surface area contributed by atoms with Crippen LogP contribution in [0, 0.1) is 0 Å². The Morgan fingerprint density at radius 3 is 2.59 bits per heavy atom. The number of aryl methyl sites for hydroxylation is 1. The number of hydrogen-bond donors (Lipinski definition) is 1. The van der Waals surface area contributed by atoms with Crippen LogP contribution in [0.25, 0.3) is 11.0 Å². The number of methoxy groups -OCH3 is 2. The molecule has 0 spiro atoms. The van der Waals surface area contributed by atoms with Crippen molar-refractivity contribution in [3.8, 4) is 0 Å². The van der Waals surface area contributed by atoms with Crippen LogP contribution >= 0.6 is 23.4 Å². The number of aromatic carboxylic acids is 1. The number of rotatable bonds is 9. The first-order chi connectivity index (χ1) is 15.1. The van der Waals surface area contributed by atoms with E-state index in [2.05, 4.69) is 9.97 Å². The summed E-state index contributed by atoms with van der Waals surface area (Å²) in [4.78, 5) is 19.6. The van der Waals surface area contributed by atoms with E-state index in [4.69, 9.17) is 21.1 Å². The van der Waals surface area contributed by atoms with E-state index in [0.717, 1.165) is 17.8 Å². The Hall–Kier alpha value is -2.34. The fraction of sp³-hybridized carbons (Fsp3) is 0.350. The molecule has 1 aromatic carbocycles. The Kier molecular flexibility index (Phi) is 7.65. The molecule has 0 aliphatic carbocycles. The van der Waals surface area contributed by atoms with Gasteiger partial charge in [-0.25, -0.2) is 14.8 Å². The maximum Gasteiger partial charge on any atom is 0.417 e. The molecule has 0 bridgehead atoms. The van der Waals surface area contributed by atoms with E-state index in [9.17, 15) is 23.1 Å². The summed E-state index contributed by atoms with van der Waals surface area (Å²) in [5, 5.41) is 9.67. The number of halogens is 4. The first-order valence-electron chi connectivity index (χ1n) is 9.33. The van der Waals surface area contributed by atoms with Gasteiger partial charge in [-0.2, -0.15) is 13.2 Å². The first kappa shape index (κ1) is 24.3. The molecule has 12 heteroatoms. The van der Waals surface area contributed by atoms with Gasteiger partial charge in [0.2, 0.25) is 0 Å². The fourth-order valence-corrected chi connectivity index (χ4v) is 4.19. The van der Waals surface area contributed by atoms with Crippen LogP contribution in [-0.2, 0) is 22.2 Å². The lowest BCUT2D eigenvalue weighted by Gasteiger charge is -2.14. The summed E-state index contributed by atoms with van der Waals surface area (Å²) < 4.78 is 50.9. The van der Waals surface area contributed by atoms with Gasteiger partial charge in [-0.15, -0.1) is 0 Å². The van der Waals surface area contributed by atoms with Crippen LogP contribution in [0.3, 0.4) is 0 Å². The van der Waals surface area contributed by atoms with Crippen molar-refractivity contribution in [2.24, 2.45) is 0 Å². The van der Waals surface area contributed by atoms with Crippen molar-refractivity contribution >= 4 is 40.4 Å². The highest BCUT2D eigenvalue weighted by Crippen LogP contribution is 2.37. The van der Waals surface area contributed by atoms with Crippen LogP contribution in [0.4, 0.5) is 13.2 Å². The van der Waals surface area contributed by atoms with Gasteiger partial charge in [0, 0.05) is 33.4 Å². The number of carboxylic acid groups (broad SMARTS) is 1. The molecule has 0 aliphatic rings. The van der Waals surface area contributed by atoms with E-state index < -0.39 is 17.7 Å². The molecule has 0 saturated carbocycles. The highest BCUT2D eigenvalue weighted by Gasteiger charge is 2.31. The van der Waals surface area contributed by atoms with Gasteiger partial charge in [0.05, 0.1) is 27.2 Å². The van der Waals surface area contributed by atoms with E-state index >= 15 is 0 Å². The standard InChI is InChI=1S/C20H19ClF3N3O4S/c1-30-16(31-2)4-3-7-27-15-6-5-11(18(28)29)8-14(15)26-19(27)32-17-13(21)9-12(10-25-17)20(22,23)24/h5-6,8-10,16H,3-4,7H2,1-2H3,(H,28,29). The van der Waals surface area contributed by atoms with Crippen molar-refractivity contribution in [2.45, 2.75) is 42.0 Å². The monoisotopic (exact) mass is 489 g/mol. The van der Waals surface area contributed by atoms with Crippen LogP contribution in [0.2, 0.25) is 5.02 Å². The summed E-state index contributed by atoms with van der Waals surface area (Å²) in [7, 11) is 3.07. The Morgan fingerprint density at radius 2 is 2.00 bits per heavy atom. The van der Waals surface area contributed by atoms with Crippen molar-refractivity contribution in [3.63, 3.8) is 0 Å². The molecule has 1 N–H and O–H groups in total. The van der Waals surface area contributed by atoms with Gasteiger partial charge in [0.1, 0.15) is 5.03 Å². The van der Waals surface area contributed by atoms with Crippen molar-refractivity contribution < 1.29 is 32.5 Å². The summed E-state index contributed by atoms with van der Waals surface area (Å²) in [5.74, 6) is -1.09. The van der Waals surface area contributed by atoms with E-state index in [0.29, 0.717) is 41.8 Å². The van der Waals surface area contributed by atoms with Crippen LogP contribution in [0.15, 0.2) is 40.6 Å². The molecule has 0 amide bonds. The second-order valence-electron chi connectivity index (χ2n) is 6.71. The predicted octanol–water partition coefficient (Wildman–Crippen LogP) is 5.35. The summed E-state index contributed by atoms with van der Waals surface area (Å²) in [6.45, 7) is 0.479. The number of fused-ring (bicyclic) bond motifs is 1. The summed E-state index contributed by atoms with van der Waals surface area (Å²) in [6.07, 6.45) is -3.00. The van der Waals surface area contributed by atoms with Gasteiger partial charge >= 0.3 is 12.1 Å². The molecule has 0 fully saturated rings. The second kappa shape index (κ2) is 10.1. The lowest BCUT2D eigenvalue weighted by atomic mass is 10.2. The topological polar surface area (TPSA) is 86.5 Å². The zero-order valence-corrected chi connectivity index (χ0v) is 18.6. The minimum absolute atomic E-state index is 0.0724. The number of benzene rings is 1. The normalized spacial score (nSPS) is 12.1. The number of hydrogen-bond acceptors (Lipinski definition) is 6. The Balaban J connectivity index is 1.96. The lowest BCUT2D eigenvalue weighted by Crippen LogP contribution is -2.14. The third-order valence-electron chi connectivity index (χ3n) is 4.63. The predicted molar refractivity (Wildman–Crippen MR) is 112 cm³/mol. The molecule has 32 heavy (non-hydrogen) atoms. The second-order valence-corrected chi connectivity index (χ2v) is 8.07. The first-order valence-corrected chi connectivity index (χ1v) is 10.5. The Morgan fingerprint density at radius 1 is 1.28 bits per heavy atom. The average molecular weight is 490 g/mol. The van der Waals surface area contributed by atoms with Crippen molar-refractivity contribution in [1.82, 2.24) is 14.5 Å². The molecule has 0 radical (unpaired) electrons. The fourth-order valence-electron chi connectivity index (χ4n) is 3.02. The Bertz CT molecular complexity index is 1120.